The van der Waals surface area contributed by atoms with Crippen LogP contribution >= 0.6 is 0 Å². The maximum atomic E-state index is 11.0. The molecule has 116 valence electrons. The van der Waals surface area contributed by atoms with Gasteiger partial charge in [-0.25, -0.2) is 0 Å². The van der Waals surface area contributed by atoms with E-state index in [-0.39, 0.29) is 17.0 Å². The molecule has 0 aliphatic rings. The average Bonchev–Trinajstić information content (AvgIpc) is 3.00. The van der Waals surface area contributed by atoms with Gasteiger partial charge >= 0.3 is 0 Å². The molecule has 23 heavy (non-hydrogen) atoms. The third-order valence-electron chi connectivity index (χ3n) is 2.96. The predicted octanol–water partition coefficient (Wildman–Crippen LogP) is 2.26. The quantitative estimate of drug-likeness (QED) is 0.389. The molecule has 0 radical (unpaired) electrons. The molecule has 0 aliphatic carbocycles. The van der Waals surface area contributed by atoms with Gasteiger partial charge in [-0.1, -0.05) is 0 Å². The van der Waals surface area contributed by atoms with Crippen LogP contribution in [-0.4, -0.2) is 17.9 Å². The highest BCUT2D eigenvalue weighted by molar-refractivity contribution is 6.00. The van der Waals surface area contributed by atoms with E-state index in [0.29, 0.717) is 17.1 Å². The number of nitrogens with two attached hydrogens (primary N) is 1. The number of furan rings is 1. The van der Waals surface area contributed by atoms with Gasteiger partial charge in [0, 0.05) is 18.2 Å². The number of nitriles is 1. The summed E-state index contributed by atoms with van der Waals surface area (Å²) < 4.78 is 10.7. The molecule has 1 heterocycles. The summed E-state index contributed by atoms with van der Waals surface area (Å²) in [6.45, 7) is 0. The number of rotatable bonds is 5. The minimum atomic E-state index is -0.877. The van der Waals surface area contributed by atoms with Gasteiger partial charge in [0.2, 0.25) is 0 Å². The molecule has 0 fully saturated rings. The number of carbonyl (C=O) groups is 1. The number of hydrogen-bond acceptors (Lipinski definition) is 6. The lowest BCUT2D eigenvalue weighted by molar-refractivity contribution is -0.384. The van der Waals surface area contributed by atoms with Gasteiger partial charge in [-0.15, -0.1) is 0 Å². The first-order chi connectivity index (χ1) is 11.0. The molecule has 0 bridgehead atoms. The van der Waals surface area contributed by atoms with Crippen LogP contribution in [0.4, 0.5) is 5.69 Å². The summed E-state index contributed by atoms with van der Waals surface area (Å²) in [6, 6.07) is 8.79. The molecule has 8 nitrogen and oxygen atoms in total. The zero-order valence-corrected chi connectivity index (χ0v) is 12.0. The molecular weight excluding hydrogens is 302 g/mol. The first-order valence-corrected chi connectivity index (χ1v) is 6.30. The van der Waals surface area contributed by atoms with E-state index in [4.69, 9.17) is 20.1 Å². The fourth-order valence-corrected chi connectivity index (χ4v) is 1.88. The Labute approximate surface area is 130 Å². The van der Waals surface area contributed by atoms with Gasteiger partial charge in [0.1, 0.15) is 28.9 Å². The van der Waals surface area contributed by atoms with Gasteiger partial charge in [-0.05, 0) is 18.2 Å². The van der Waals surface area contributed by atoms with Crippen LogP contribution in [0.15, 0.2) is 40.3 Å². The van der Waals surface area contributed by atoms with E-state index in [9.17, 15) is 14.9 Å². The molecule has 0 atom stereocenters. The summed E-state index contributed by atoms with van der Waals surface area (Å²) >= 11 is 0. The van der Waals surface area contributed by atoms with Gasteiger partial charge in [0.05, 0.1) is 17.6 Å². The third-order valence-corrected chi connectivity index (χ3v) is 2.96. The Kier molecular flexibility index (Phi) is 4.42. The Hall–Kier alpha value is -3.60. The van der Waals surface area contributed by atoms with E-state index >= 15 is 0 Å². The number of nitro benzene ring substituents is 1. The number of nitrogens with zero attached hydrogens (tertiary/aromatic N) is 2. The first kappa shape index (κ1) is 15.8. The van der Waals surface area contributed by atoms with Crippen molar-refractivity contribution in [2.75, 3.05) is 7.11 Å². The number of hydrogen-bond donors (Lipinski definition) is 1. The van der Waals surface area contributed by atoms with Crippen LogP contribution in [0.25, 0.3) is 17.4 Å². The molecule has 2 N–H and O–H groups in total. The predicted molar refractivity (Wildman–Crippen MR) is 80.1 cm³/mol. The number of carbonyl (C=O) groups excluding carboxylic acids is 1. The molecule has 0 unspecified atom stereocenters. The number of ether oxygens (including phenoxy) is 1. The van der Waals surface area contributed by atoms with Gasteiger partial charge in [-0.2, -0.15) is 5.26 Å². The molecule has 8 heteroatoms. The highest BCUT2D eigenvalue weighted by Crippen LogP contribution is 2.34. The molecule has 1 aromatic heterocycles. The summed E-state index contributed by atoms with van der Waals surface area (Å²) in [5.41, 5.74) is 5.03. The van der Waals surface area contributed by atoms with Crippen LogP contribution in [0.5, 0.6) is 5.75 Å². The van der Waals surface area contributed by atoms with E-state index < -0.39 is 10.8 Å². The number of methoxy groups -OCH3 is 1. The van der Waals surface area contributed by atoms with Crippen LogP contribution < -0.4 is 10.5 Å². The Morgan fingerprint density at radius 1 is 1.43 bits per heavy atom. The number of nitro groups is 1. The number of benzene rings is 1. The van der Waals surface area contributed by atoms with Crippen molar-refractivity contribution in [3.05, 3.63) is 51.8 Å². The summed E-state index contributed by atoms with van der Waals surface area (Å²) in [7, 11) is 1.43. The monoisotopic (exact) mass is 313 g/mol. The maximum Gasteiger partial charge on any atom is 0.270 e. The average molecular weight is 313 g/mol. The van der Waals surface area contributed by atoms with Crippen molar-refractivity contribution in [1.29, 1.82) is 5.26 Å². The minimum Gasteiger partial charge on any atom is -0.496 e. The Morgan fingerprint density at radius 2 is 2.17 bits per heavy atom. The fraction of sp³-hybridized carbons (Fsp3) is 0.0667. The molecule has 0 spiro atoms. The van der Waals surface area contributed by atoms with Crippen LogP contribution in [0.3, 0.4) is 0 Å². The first-order valence-electron chi connectivity index (χ1n) is 6.30. The van der Waals surface area contributed by atoms with Gasteiger partial charge in [0.25, 0.3) is 11.6 Å². The standard InChI is InChI=1S/C15H11N3O5/c1-22-13-4-2-10(18(20)21)7-12(13)14-5-3-11(23-14)6-9(8-16)15(17)19/h2-7H,1H3,(H2,17,19)/b9-6+. The van der Waals surface area contributed by atoms with E-state index in [1.54, 1.807) is 12.1 Å². The van der Waals surface area contributed by atoms with Crippen molar-refractivity contribution in [2.45, 2.75) is 0 Å². The van der Waals surface area contributed by atoms with Gasteiger partial charge in [0.15, 0.2) is 0 Å². The van der Waals surface area contributed by atoms with E-state index in [1.807, 2.05) is 0 Å². The van der Waals surface area contributed by atoms with Crippen molar-refractivity contribution in [3.8, 4) is 23.1 Å². The van der Waals surface area contributed by atoms with Crippen LogP contribution in [0.1, 0.15) is 5.76 Å². The van der Waals surface area contributed by atoms with E-state index in [2.05, 4.69) is 0 Å². The van der Waals surface area contributed by atoms with Crippen molar-refractivity contribution in [1.82, 2.24) is 0 Å². The largest absolute Gasteiger partial charge is 0.496 e. The van der Waals surface area contributed by atoms with Crippen molar-refractivity contribution >= 4 is 17.7 Å². The Bertz CT molecular complexity index is 845. The molecule has 1 amide bonds. The SMILES string of the molecule is COc1ccc([N+](=O)[O-])cc1-c1ccc(/C=C(\C#N)C(N)=O)o1. The maximum absolute atomic E-state index is 11.0. The van der Waals surface area contributed by atoms with E-state index in [0.717, 1.165) is 0 Å². The van der Waals surface area contributed by atoms with Crippen molar-refractivity contribution < 1.29 is 18.9 Å². The molecule has 0 saturated carbocycles. The zero-order chi connectivity index (χ0) is 17.0. The highest BCUT2D eigenvalue weighted by Gasteiger charge is 2.16. The molecule has 2 rings (SSSR count). The Morgan fingerprint density at radius 3 is 2.74 bits per heavy atom. The smallest absolute Gasteiger partial charge is 0.270 e. The van der Waals surface area contributed by atoms with Crippen molar-refractivity contribution in [2.24, 2.45) is 5.73 Å². The van der Waals surface area contributed by atoms with Crippen LogP contribution in [0, 0.1) is 21.4 Å². The van der Waals surface area contributed by atoms with Crippen LogP contribution in [-0.2, 0) is 4.79 Å². The molecule has 1 aromatic carbocycles. The lowest BCUT2D eigenvalue weighted by Crippen LogP contribution is -2.12. The van der Waals surface area contributed by atoms with Crippen molar-refractivity contribution in [3.63, 3.8) is 0 Å². The summed E-state index contributed by atoms with van der Waals surface area (Å²) in [5, 5.41) is 19.7. The van der Waals surface area contributed by atoms with Gasteiger partial charge in [-0.3, -0.25) is 14.9 Å². The second-order valence-corrected chi connectivity index (χ2v) is 4.38. The molecule has 0 saturated heterocycles. The molecular formula is C15H11N3O5. The second kappa shape index (κ2) is 6.44. The summed E-state index contributed by atoms with van der Waals surface area (Å²) in [5.74, 6) is 0.0109. The van der Waals surface area contributed by atoms with E-state index in [1.165, 1.54) is 37.5 Å². The lowest BCUT2D eigenvalue weighted by Gasteiger charge is -2.05. The Balaban J connectivity index is 2.48. The lowest BCUT2D eigenvalue weighted by atomic mass is 10.1. The number of primary amides is 1. The van der Waals surface area contributed by atoms with Gasteiger partial charge < -0.3 is 14.9 Å². The highest BCUT2D eigenvalue weighted by atomic mass is 16.6. The zero-order valence-electron chi connectivity index (χ0n) is 12.0. The molecule has 2 aromatic rings. The summed E-state index contributed by atoms with van der Waals surface area (Å²) in [6.07, 6.45) is 1.19. The number of amides is 1. The topological polar surface area (TPSA) is 132 Å². The minimum absolute atomic E-state index is 0.121. The normalized spacial score (nSPS) is 10.9. The third kappa shape index (κ3) is 3.36. The second-order valence-electron chi connectivity index (χ2n) is 4.38. The summed E-state index contributed by atoms with van der Waals surface area (Å²) in [4.78, 5) is 21.4. The fourth-order valence-electron chi connectivity index (χ4n) is 1.88. The van der Waals surface area contributed by atoms with Crippen LogP contribution in [0.2, 0.25) is 0 Å². The molecule has 0 aliphatic heterocycles. The number of non-ortho nitro benzene ring substituents is 1.